The number of rotatable bonds is 7. The molecule has 2 N–H and O–H groups in total. The van der Waals surface area contributed by atoms with Gasteiger partial charge in [-0.15, -0.1) is 0 Å². The van der Waals surface area contributed by atoms with Gasteiger partial charge in [-0.25, -0.2) is 4.79 Å². The Morgan fingerprint density at radius 2 is 1.89 bits per heavy atom. The number of hydrogen-bond acceptors (Lipinski definition) is 5. The number of amides is 1. The molecule has 0 aliphatic carbocycles. The fraction of sp³-hybridized carbons (Fsp3) is 0.150. The molecule has 0 bridgehead atoms. The van der Waals surface area contributed by atoms with Crippen molar-refractivity contribution in [2.75, 3.05) is 19.0 Å². The van der Waals surface area contributed by atoms with E-state index in [0.717, 1.165) is 0 Å². The summed E-state index contributed by atoms with van der Waals surface area (Å²) >= 11 is 0. The Kier molecular flexibility index (Phi) is 6.55. The molecule has 0 aromatic heterocycles. The number of methoxy groups -OCH3 is 1. The van der Waals surface area contributed by atoms with Crippen molar-refractivity contribution in [1.29, 1.82) is 5.26 Å². The van der Waals surface area contributed by atoms with E-state index < -0.39 is 11.9 Å². The zero-order valence-corrected chi connectivity index (χ0v) is 14.9. The van der Waals surface area contributed by atoms with Gasteiger partial charge >= 0.3 is 5.97 Å². The number of nitriles is 1. The highest BCUT2D eigenvalue weighted by molar-refractivity contribution is 6.09. The maximum Gasteiger partial charge on any atom is 0.335 e. The van der Waals surface area contributed by atoms with Gasteiger partial charge < -0.3 is 19.9 Å². The number of hydrogen-bond donors (Lipinski definition) is 2. The highest BCUT2D eigenvalue weighted by Gasteiger charge is 2.12. The molecular formula is C20H18N2O5. The second-order valence-corrected chi connectivity index (χ2v) is 5.35. The van der Waals surface area contributed by atoms with E-state index in [2.05, 4.69) is 5.32 Å². The third kappa shape index (κ3) is 5.09. The zero-order valence-electron chi connectivity index (χ0n) is 14.9. The Labute approximate surface area is 156 Å². The number of aromatic carboxylic acids is 1. The normalized spacial score (nSPS) is 10.6. The summed E-state index contributed by atoms with van der Waals surface area (Å²) in [5.41, 5.74) is 0.979. The van der Waals surface area contributed by atoms with Crippen LogP contribution in [0.15, 0.2) is 48.0 Å². The molecule has 1 amide bonds. The van der Waals surface area contributed by atoms with Gasteiger partial charge in [0.15, 0.2) is 11.5 Å². The molecule has 0 aliphatic heterocycles. The number of carbonyl (C=O) groups is 2. The van der Waals surface area contributed by atoms with Gasteiger partial charge in [0.25, 0.3) is 5.91 Å². The van der Waals surface area contributed by atoms with E-state index in [4.69, 9.17) is 14.6 Å². The van der Waals surface area contributed by atoms with Gasteiger partial charge in [0.2, 0.25) is 0 Å². The van der Waals surface area contributed by atoms with Crippen LogP contribution in [0.2, 0.25) is 0 Å². The first kappa shape index (κ1) is 19.5. The van der Waals surface area contributed by atoms with Crippen molar-refractivity contribution in [3.05, 3.63) is 59.2 Å². The number of anilines is 1. The van der Waals surface area contributed by atoms with Gasteiger partial charge in [-0.1, -0.05) is 6.07 Å². The van der Waals surface area contributed by atoms with Crippen LogP contribution in [0.4, 0.5) is 5.69 Å². The lowest BCUT2D eigenvalue weighted by Crippen LogP contribution is -2.13. The van der Waals surface area contributed by atoms with Gasteiger partial charge in [0.05, 0.1) is 19.3 Å². The molecule has 0 spiro atoms. The molecule has 2 aromatic rings. The highest BCUT2D eigenvalue weighted by atomic mass is 16.5. The molecule has 27 heavy (non-hydrogen) atoms. The van der Waals surface area contributed by atoms with Crippen LogP contribution in [0.5, 0.6) is 11.5 Å². The van der Waals surface area contributed by atoms with E-state index in [1.54, 1.807) is 18.2 Å². The molecule has 7 nitrogen and oxygen atoms in total. The molecule has 0 unspecified atom stereocenters. The van der Waals surface area contributed by atoms with Crippen LogP contribution in [0.3, 0.4) is 0 Å². The zero-order chi connectivity index (χ0) is 19.8. The van der Waals surface area contributed by atoms with Gasteiger partial charge in [-0.05, 0) is 55.0 Å². The lowest BCUT2D eigenvalue weighted by molar-refractivity contribution is -0.112. The maximum absolute atomic E-state index is 12.3. The van der Waals surface area contributed by atoms with Crippen molar-refractivity contribution in [2.24, 2.45) is 0 Å². The standard InChI is InChI=1S/C20H18N2O5/c1-3-27-17-9-4-13(11-18(17)26-2)10-15(12-21)19(23)22-16-7-5-14(6-8-16)20(24)25/h4-11H,3H2,1-2H3,(H,22,23)(H,24,25). The topological polar surface area (TPSA) is 109 Å². The molecule has 0 fully saturated rings. The molecule has 0 aliphatic rings. The minimum atomic E-state index is -1.06. The number of nitrogens with zero attached hydrogens (tertiary/aromatic N) is 1. The van der Waals surface area contributed by atoms with E-state index in [1.165, 1.54) is 37.5 Å². The Balaban J connectivity index is 2.21. The first-order valence-electron chi connectivity index (χ1n) is 8.05. The molecule has 2 rings (SSSR count). The van der Waals surface area contributed by atoms with Crippen LogP contribution in [-0.4, -0.2) is 30.7 Å². The van der Waals surface area contributed by atoms with Crippen LogP contribution in [0.1, 0.15) is 22.8 Å². The fourth-order valence-corrected chi connectivity index (χ4v) is 2.26. The van der Waals surface area contributed by atoms with E-state index >= 15 is 0 Å². The summed E-state index contributed by atoms with van der Waals surface area (Å²) < 4.78 is 10.7. The molecule has 2 aromatic carbocycles. The maximum atomic E-state index is 12.3. The van der Waals surface area contributed by atoms with E-state index in [-0.39, 0.29) is 11.1 Å². The predicted molar refractivity (Wildman–Crippen MR) is 99.8 cm³/mol. The number of carboxylic acid groups (broad SMARTS) is 1. The average molecular weight is 366 g/mol. The molecule has 0 saturated heterocycles. The first-order valence-corrected chi connectivity index (χ1v) is 8.05. The quantitative estimate of drug-likeness (QED) is 0.575. The third-order valence-electron chi connectivity index (χ3n) is 3.55. The average Bonchev–Trinajstić information content (AvgIpc) is 2.67. The summed E-state index contributed by atoms with van der Waals surface area (Å²) in [4.78, 5) is 23.2. The van der Waals surface area contributed by atoms with Crippen molar-refractivity contribution in [3.8, 4) is 17.6 Å². The van der Waals surface area contributed by atoms with Crippen LogP contribution in [0.25, 0.3) is 6.08 Å². The largest absolute Gasteiger partial charge is 0.493 e. The van der Waals surface area contributed by atoms with Crippen LogP contribution >= 0.6 is 0 Å². The smallest absolute Gasteiger partial charge is 0.335 e. The van der Waals surface area contributed by atoms with Gasteiger partial charge in [0.1, 0.15) is 11.6 Å². The summed E-state index contributed by atoms with van der Waals surface area (Å²) in [6.07, 6.45) is 1.43. The fourth-order valence-electron chi connectivity index (χ4n) is 2.26. The summed E-state index contributed by atoms with van der Waals surface area (Å²) in [5, 5.41) is 20.8. The number of benzene rings is 2. The van der Waals surface area contributed by atoms with Crippen molar-refractivity contribution in [3.63, 3.8) is 0 Å². The van der Waals surface area contributed by atoms with E-state index in [1.807, 2.05) is 13.0 Å². The van der Waals surface area contributed by atoms with Crippen molar-refractivity contribution < 1.29 is 24.2 Å². The third-order valence-corrected chi connectivity index (χ3v) is 3.55. The molecule has 7 heteroatoms. The number of nitrogens with one attached hydrogen (secondary N) is 1. The Bertz CT molecular complexity index is 911. The van der Waals surface area contributed by atoms with Gasteiger partial charge in [-0.3, -0.25) is 4.79 Å². The minimum absolute atomic E-state index is 0.102. The summed E-state index contributed by atoms with van der Waals surface area (Å²) in [7, 11) is 1.50. The van der Waals surface area contributed by atoms with Gasteiger partial charge in [-0.2, -0.15) is 5.26 Å². The Hall–Kier alpha value is -3.79. The highest BCUT2D eigenvalue weighted by Crippen LogP contribution is 2.29. The van der Waals surface area contributed by atoms with Crippen LogP contribution in [-0.2, 0) is 4.79 Å². The van der Waals surface area contributed by atoms with E-state index in [0.29, 0.717) is 29.4 Å². The van der Waals surface area contributed by atoms with Crippen molar-refractivity contribution in [1.82, 2.24) is 0 Å². The second kappa shape index (κ2) is 9.06. The Morgan fingerprint density at radius 1 is 1.19 bits per heavy atom. The molecule has 0 saturated carbocycles. The lowest BCUT2D eigenvalue weighted by atomic mass is 10.1. The van der Waals surface area contributed by atoms with Crippen LogP contribution < -0.4 is 14.8 Å². The van der Waals surface area contributed by atoms with Gasteiger partial charge in [0, 0.05) is 5.69 Å². The van der Waals surface area contributed by atoms with Crippen LogP contribution in [0, 0.1) is 11.3 Å². The summed E-state index contributed by atoms with van der Waals surface area (Å²) in [6.45, 7) is 2.34. The lowest BCUT2D eigenvalue weighted by Gasteiger charge is -2.10. The Morgan fingerprint density at radius 3 is 2.44 bits per heavy atom. The molecule has 138 valence electrons. The minimum Gasteiger partial charge on any atom is -0.493 e. The number of carbonyl (C=O) groups excluding carboxylic acids is 1. The van der Waals surface area contributed by atoms with Crippen molar-refractivity contribution in [2.45, 2.75) is 6.92 Å². The molecule has 0 heterocycles. The first-order chi connectivity index (χ1) is 13.0. The SMILES string of the molecule is CCOc1ccc(C=C(C#N)C(=O)Nc2ccc(C(=O)O)cc2)cc1OC. The molecule has 0 atom stereocenters. The molecular weight excluding hydrogens is 348 g/mol. The predicted octanol–water partition coefficient (Wildman–Crippen LogP) is 3.34. The summed E-state index contributed by atoms with van der Waals surface area (Å²) in [5.74, 6) is -0.602. The second-order valence-electron chi connectivity index (χ2n) is 5.35. The monoisotopic (exact) mass is 366 g/mol. The number of carboxylic acids is 1. The number of ether oxygens (including phenoxy) is 2. The molecule has 0 radical (unpaired) electrons. The van der Waals surface area contributed by atoms with Crippen molar-refractivity contribution >= 4 is 23.6 Å². The summed E-state index contributed by atoms with van der Waals surface area (Å²) in [6, 6.07) is 12.6. The van der Waals surface area contributed by atoms with E-state index in [9.17, 15) is 14.9 Å².